The monoisotopic (exact) mass is 332 g/mol. The van der Waals surface area contributed by atoms with E-state index in [2.05, 4.69) is 32.9 Å². The summed E-state index contributed by atoms with van der Waals surface area (Å²) in [6.07, 6.45) is 4.31. The smallest absolute Gasteiger partial charge is 0.254 e. The van der Waals surface area contributed by atoms with Crippen LogP contribution in [0.3, 0.4) is 0 Å². The quantitative estimate of drug-likeness (QED) is 0.845. The van der Waals surface area contributed by atoms with Gasteiger partial charge in [-0.05, 0) is 54.0 Å². The van der Waals surface area contributed by atoms with Crippen molar-refractivity contribution >= 4 is 34.3 Å². The number of ether oxygens (including phenoxy) is 1. The van der Waals surface area contributed by atoms with Crippen LogP contribution in [0.4, 0.5) is 5.82 Å². The summed E-state index contributed by atoms with van der Waals surface area (Å²) in [5.74, 6) is 0.494. The van der Waals surface area contributed by atoms with Crippen molar-refractivity contribution in [2.45, 2.75) is 25.4 Å². The van der Waals surface area contributed by atoms with E-state index in [0.29, 0.717) is 12.4 Å². The lowest BCUT2D eigenvalue weighted by molar-refractivity contribution is -0.130. The number of pyridine rings is 1. The van der Waals surface area contributed by atoms with Crippen LogP contribution in [-0.2, 0) is 9.53 Å². The van der Waals surface area contributed by atoms with Gasteiger partial charge in [-0.25, -0.2) is 4.98 Å². The number of aromatic nitrogens is 1. The van der Waals surface area contributed by atoms with Gasteiger partial charge in [0.2, 0.25) is 0 Å². The maximum Gasteiger partial charge on any atom is 0.254 e. The van der Waals surface area contributed by atoms with E-state index >= 15 is 0 Å². The molecular weight excluding hydrogens is 319 g/mol. The highest BCUT2D eigenvalue weighted by Crippen LogP contribution is 2.14. The first-order valence-corrected chi connectivity index (χ1v) is 6.37. The second-order valence-electron chi connectivity index (χ2n) is 3.71. The summed E-state index contributed by atoms with van der Waals surface area (Å²) >= 11 is 2.17. The van der Waals surface area contributed by atoms with E-state index in [1.807, 2.05) is 6.07 Å². The average Bonchev–Trinajstić information content (AvgIpc) is 2.33. The number of carbonyl (C=O) groups is 1. The zero-order chi connectivity index (χ0) is 11.4. The Kier molecular flexibility index (Phi) is 4.11. The maximum absolute atomic E-state index is 11.8. The number of rotatable bonds is 2. The summed E-state index contributed by atoms with van der Waals surface area (Å²) in [6.45, 7) is 0.679. The van der Waals surface area contributed by atoms with Crippen molar-refractivity contribution in [3.8, 4) is 0 Å². The largest absolute Gasteiger partial charge is 0.368 e. The molecule has 4 nitrogen and oxygen atoms in total. The highest BCUT2D eigenvalue weighted by molar-refractivity contribution is 14.1. The number of hydrogen-bond acceptors (Lipinski definition) is 3. The molecule has 1 atom stereocenters. The first-order chi connectivity index (χ1) is 7.75. The summed E-state index contributed by atoms with van der Waals surface area (Å²) < 4.78 is 6.44. The van der Waals surface area contributed by atoms with Gasteiger partial charge in [0, 0.05) is 16.4 Å². The molecule has 2 rings (SSSR count). The fourth-order valence-corrected chi connectivity index (χ4v) is 1.92. The highest BCUT2D eigenvalue weighted by atomic mass is 127. The highest BCUT2D eigenvalue weighted by Gasteiger charge is 2.21. The van der Waals surface area contributed by atoms with Crippen LogP contribution in [0.25, 0.3) is 0 Å². The number of carbonyl (C=O) groups excluding carboxylic acids is 1. The molecule has 0 aliphatic carbocycles. The number of nitrogens with one attached hydrogen (secondary N) is 1. The van der Waals surface area contributed by atoms with Crippen molar-refractivity contribution in [2.75, 3.05) is 11.9 Å². The number of halogens is 1. The predicted octanol–water partition coefficient (Wildman–Crippen LogP) is 2.19. The molecule has 1 unspecified atom stereocenters. The van der Waals surface area contributed by atoms with E-state index in [-0.39, 0.29) is 12.0 Å². The molecule has 1 amide bonds. The topological polar surface area (TPSA) is 51.2 Å². The van der Waals surface area contributed by atoms with Crippen LogP contribution in [0.1, 0.15) is 19.3 Å². The fraction of sp³-hybridized carbons (Fsp3) is 0.455. The number of nitrogens with zero attached hydrogens (tertiary/aromatic N) is 1. The molecule has 0 saturated carbocycles. The van der Waals surface area contributed by atoms with E-state index in [0.717, 1.165) is 22.8 Å². The number of hydrogen-bond donors (Lipinski definition) is 1. The summed E-state index contributed by atoms with van der Waals surface area (Å²) in [6, 6.07) is 3.70. The van der Waals surface area contributed by atoms with Crippen molar-refractivity contribution in [3.05, 3.63) is 21.9 Å². The van der Waals surface area contributed by atoms with Crippen molar-refractivity contribution in [2.24, 2.45) is 0 Å². The molecule has 1 N–H and O–H groups in total. The Labute approximate surface area is 108 Å². The van der Waals surface area contributed by atoms with Gasteiger partial charge in [0.15, 0.2) is 0 Å². The Morgan fingerprint density at radius 2 is 2.38 bits per heavy atom. The van der Waals surface area contributed by atoms with Gasteiger partial charge in [-0.2, -0.15) is 0 Å². The lowest BCUT2D eigenvalue weighted by Gasteiger charge is -2.21. The maximum atomic E-state index is 11.8. The van der Waals surface area contributed by atoms with Crippen molar-refractivity contribution in [3.63, 3.8) is 0 Å². The fourth-order valence-electron chi connectivity index (χ4n) is 1.60. The molecule has 1 fully saturated rings. The molecule has 1 aromatic heterocycles. The molecular formula is C11H13IN2O2. The zero-order valence-corrected chi connectivity index (χ0v) is 10.9. The van der Waals surface area contributed by atoms with Gasteiger partial charge in [-0.15, -0.1) is 0 Å². The number of anilines is 1. The van der Waals surface area contributed by atoms with Crippen LogP contribution in [0, 0.1) is 3.57 Å². The molecule has 0 radical (unpaired) electrons. The minimum absolute atomic E-state index is 0.0894. The zero-order valence-electron chi connectivity index (χ0n) is 8.78. The lowest BCUT2D eigenvalue weighted by atomic mass is 10.1. The van der Waals surface area contributed by atoms with E-state index < -0.39 is 0 Å². The van der Waals surface area contributed by atoms with E-state index in [9.17, 15) is 4.79 Å². The van der Waals surface area contributed by atoms with Gasteiger partial charge >= 0.3 is 0 Å². The molecule has 0 bridgehead atoms. The molecule has 0 aromatic carbocycles. The summed E-state index contributed by atoms with van der Waals surface area (Å²) in [7, 11) is 0. The van der Waals surface area contributed by atoms with Gasteiger partial charge in [0.25, 0.3) is 5.91 Å². The van der Waals surface area contributed by atoms with Crippen molar-refractivity contribution in [1.82, 2.24) is 4.98 Å². The average molecular weight is 332 g/mol. The first kappa shape index (κ1) is 11.8. The van der Waals surface area contributed by atoms with Crippen molar-refractivity contribution in [1.29, 1.82) is 0 Å². The van der Waals surface area contributed by atoms with Crippen LogP contribution < -0.4 is 5.32 Å². The molecule has 1 aromatic rings. The van der Waals surface area contributed by atoms with Gasteiger partial charge in [-0.3, -0.25) is 4.79 Å². The Morgan fingerprint density at radius 3 is 3.00 bits per heavy atom. The minimum Gasteiger partial charge on any atom is -0.368 e. The van der Waals surface area contributed by atoms with Crippen LogP contribution in [0.2, 0.25) is 0 Å². The van der Waals surface area contributed by atoms with Gasteiger partial charge in [0.1, 0.15) is 11.9 Å². The second kappa shape index (κ2) is 5.58. The Hall–Kier alpha value is -0.690. The molecule has 0 spiro atoms. The van der Waals surface area contributed by atoms with E-state index in [1.54, 1.807) is 12.3 Å². The molecule has 1 aliphatic heterocycles. The Balaban J connectivity index is 1.93. The lowest BCUT2D eigenvalue weighted by Crippen LogP contribution is -2.33. The standard InChI is InChI=1S/C11H13IN2O2/c12-8-4-5-10(13-7-8)14-11(15)9-3-1-2-6-16-9/h4-5,7,9H,1-3,6H2,(H,13,14,15). The molecule has 86 valence electrons. The van der Waals surface area contributed by atoms with E-state index in [1.165, 1.54) is 0 Å². The molecule has 1 saturated heterocycles. The first-order valence-electron chi connectivity index (χ1n) is 5.30. The predicted molar refractivity (Wildman–Crippen MR) is 69.2 cm³/mol. The minimum atomic E-state index is -0.310. The third-order valence-electron chi connectivity index (χ3n) is 2.45. The molecule has 16 heavy (non-hydrogen) atoms. The van der Waals surface area contributed by atoms with Crippen molar-refractivity contribution < 1.29 is 9.53 Å². The SMILES string of the molecule is O=C(Nc1ccc(I)cn1)C1CCCCO1. The van der Waals surface area contributed by atoms with E-state index in [4.69, 9.17) is 4.74 Å². The van der Waals surface area contributed by atoms with Gasteiger partial charge < -0.3 is 10.1 Å². The number of amides is 1. The summed E-state index contributed by atoms with van der Waals surface area (Å²) in [5, 5.41) is 2.76. The molecule has 1 aliphatic rings. The normalized spacial score (nSPS) is 20.4. The van der Waals surface area contributed by atoms with Crippen LogP contribution >= 0.6 is 22.6 Å². The second-order valence-corrected chi connectivity index (χ2v) is 4.95. The summed E-state index contributed by atoms with van der Waals surface area (Å²) in [5.41, 5.74) is 0. The third-order valence-corrected chi connectivity index (χ3v) is 3.09. The Morgan fingerprint density at radius 1 is 1.50 bits per heavy atom. The summed E-state index contributed by atoms with van der Waals surface area (Å²) in [4.78, 5) is 15.9. The Bertz CT molecular complexity index is 361. The third kappa shape index (κ3) is 3.15. The molecule has 2 heterocycles. The van der Waals surface area contributed by atoms with Crippen LogP contribution in [-0.4, -0.2) is 23.6 Å². The van der Waals surface area contributed by atoms with Crippen LogP contribution in [0.15, 0.2) is 18.3 Å². The van der Waals surface area contributed by atoms with Gasteiger partial charge in [-0.1, -0.05) is 0 Å². The van der Waals surface area contributed by atoms with Gasteiger partial charge in [0.05, 0.1) is 0 Å². The molecule has 5 heteroatoms. The van der Waals surface area contributed by atoms with Crippen LogP contribution in [0.5, 0.6) is 0 Å².